The Bertz CT molecular complexity index is 543. The average Bonchev–Trinajstić information content (AvgIpc) is 2.46. The zero-order chi connectivity index (χ0) is 14.4. The lowest BCUT2D eigenvalue weighted by Crippen LogP contribution is -2.09. The van der Waals surface area contributed by atoms with E-state index >= 15 is 0 Å². The van der Waals surface area contributed by atoms with E-state index < -0.39 is 0 Å². The molecular formula is C15H20N4O. The number of nitrogens with zero attached hydrogens (tertiary/aromatic N) is 2. The average molecular weight is 272 g/mol. The van der Waals surface area contributed by atoms with Crippen molar-refractivity contribution < 1.29 is 4.74 Å². The number of anilines is 2. The third-order valence-corrected chi connectivity index (χ3v) is 2.62. The quantitative estimate of drug-likeness (QED) is 0.845. The summed E-state index contributed by atoms with van der Waals surface area (Å²) in [6.07, 6.45) is 1.77. The predicted octanol–water partition coefficient (Wildman–Crippen LogP) is 2.71. The van der Waals surface area contributed by atoms with Gasteiger partial charge in [0.1, 0.15) is 5.82 Å². The van der Waals surface area contributed by atoms with E-state index in [2.05, 4.69) is 29.1 Å². The van der Waals surface area contributed by atoms with Crippen LogP contribution in [-0.2, 0) is 6.54 Å². The van der Waals surface area contributed by atoms with Gasteiger partial charge in [-0.25, -0.2) is 0 Å². The van der Waals surface area contributed by atoms with E-state index in [1.165, 1.54) is 0 Å². The molecular weight excluding hydrogens is 252 g/mol. The van der Waals surface area contributed by atoms with Crippen LogP contribution in [0.3, 0.4) is 0 Å². The van der Waals surface area contributed by atoms with Gasteiger partial charge in [0.25, 0.3) is 0 Å². The van der Waals surface area contributed by atoms with E-state index in [4.69, 9.17) is 10.5 Å². The highest BCUT2D eigenvalue weighted by Gasteiger charge is 2.05. The number of nitrogens with one attached hydrogen (secondary N) is 1. The van der Waals surface area contributed by atoms with E-state index in [1.54, 1.807) is 12.3 Å². The lowest BCUT2D eigenvalue weighted by atomic mass is 10.2. The Labute approximate surface area is 119 Å². The first kappa shape index (κ1) is 14.1. The molecule has 3 N–H and O–H groups in total. The number of nitrogen functional groups attached to an aromatic ring is 1. The normalized spacial score (nSPS) is 10.6. The maximum atomic E-state index is 5.86. The number of hydrogen-bond donors (Lipinski definition) is 2. The molecule has 0 aromatic carbocycles. The van der Waals surface area contributed by atoms with Crippen LogP contribution in [0, 0.1) is 5.92 Å². The molecule has 0 aliphatic heterocycles. The van der Waals surface area contributed by atoms with Gasteiger partial charge in [0.15, 0.2) is 0 Å². The molecule has 5 heteroatoms. The van der Waals surface area contributed by atoms with Crippen LogP contribution in [0.5, 0.6) is 5.88 Å². The van der Waals surface area contributed by atoms with Crippen molar-refractivity contribution in [2.45, 2.75) is 20.4 Å². The molecule has 2 aromatic rings. The van der Waals surface area contributed by atoms with Crippen molar-refractivity contribution in [3.63, 3.8) is 0 Å². The molecule has 2 aromatic heterocycles. The Morgan fingerprint density at radius 1 is 1.25 bits per heavy atom. The Balaban J connectivity index is 2.00. The standard InChI is InChI=1S/C15H20N4O/c1-11(2)10-20-15-13(16)6-7-14(19-15)18-9-12-5-3-4-8-17-12/h3-8,11H,9-10,16H2,1-2H3,(H,18,19). The van der Waals surface area contributed by atoms with Gasteiger partial charge in [-0.3, -0.25) is 4.98 Å². The second kappa shape index (κ2) is 6.75. The van der Waals surface area contributed by atoms with Crippen molar-refractivity contribution in [1.29, 1.82) is 0 Å². The van der Waals surface area contributed by atoms with Gasteiger partial charge < -0.3 is 15.8 Å². The zero-order valence-corrected chi connectivity index (χ0v) is 11.8. The van der Waals surface area contributed by atoms with E-state index in [9.17, 15) is 0 Å². The summed E-state index contributed by atoms with van der Waals surface area (Å²) in [6, 6.07) is 9.44. The van der Waals surface area contributed by atoms with Crippen LogP contribution >= 0.6 is 0 Å². The summed E-state index contributed by atoms with van der Waals surface area (Å²) in [6.45, 7) is 5.38. The number of ether oxygens (including phenoxy) is 1. The van der Waals surface area contributed by atoms with Gasteiger partial charge >= 0.3 is 0 Å². The molecule has 106 valence electrons. The summed E-state index contributed by atoms with van der Waals surface area (Å²) in [5.41, 5.74) is 7.36. The van der Waals surface area contributed by atoms with Crippen LogP contribution in [-0.4, -0.2) is 16.6 Å². The maximum absolute atomic E-state index is 5.86. The van der Waals surface area contributed by atoms with E-state index in [1.807, 2.05) is 24.3 Å². The molecule has 0 saturated heterocycles. The summed E-state index contributed by atoms with van der Waals surface area (Å²) in [5, 5.41) is 3.21. The van der Waals surface area contributed by atoms with Gasteiger partial charge in [-0.15, -0.1) is 0 Å². The van der Waals surface area contributed by atoms with E-state index in [0.29, 0.717) is 30.6 Å². The number of rotatable bonds is 6. The highest BCUT2D eigenvalue weighted by Crippen LogP contribution is 2.21. The fraction of sp³-hybridized carbons (Fsp3) is 0.333. The fourth-order valence-electron chi connectivity index (χ4n) is 1.59. The van der Waals surface area contributed by atoms with Crippen LogP contribution in [0.2, 0.25) is 0 Å². The molecule has 0 bridgehead atoms. The molecule has 20 heavy (non-hydrogen) atoms. The monoisotopic (exact) mass is 272 g/mol. The van der Waals surface area contributed by atoms with E-state index in [-0.39, 0.29) is 0 Å². The van der Waals surface area contributed by atoms with Crippen LogP contribution in [0.25, 0.3) is 0 Å². The Morgan fingerprint density at radius 2 is 2.10 bits per heavy atom. The Morgan fingerprint density at radius 3 is 2.80 bits per heavy atom. The van der Waals surface area contributed by atoms with Crippen molar-refractivity contribution in [1.82, 2.24) is 9.97 Å². The molecule has 2 heterocycles. The molecule has 0 unspecified atom stereocenters. The van der Waals surface area contributed by atoms with Crippen molar-refractivity contribution in [2.75, 3.05) is 17.7 Å². The molecule has 0 amide bonds. The minimum atomic E-state index is 0.432. The highest BCUT2D eigenvalue weighted by atomic mass is 16.5. The maximum Gasteiger partial charge on any atom is 0.239 e. The molecule has 0 spiro atoms. The summed E-state index contributed by atoms with van der Waals surface area (Å²) >= 11 is 0. The second-order valence-electron chi connectivity index (χ2n) is 4.97. The highest BCUT2D eigenvalue weighted by molar-refractivity contribution is 5.53. The van der Waals surface area contributed by atoms with Crippen LogP contribution in [0.15, 0.2) is 36.5 Å². The molecule has 2 rings (SSSR count). The molecule has 0 saturated carbocycles. The third kappa shape index (κ3) is 4.12. The first-order valence-corrected chi connectivity index (χ1v) is 6.68. The van der Waals surface area contributed by atoms with Crippen LogP contribution in [0.4, 0.5) is 11.5 Å². The lowest BCUT2D eigenvalue weighted by molar-refractivity contribution is 0.263. The summed E-state index contributed by atoms with van der Waals surface area (Å²) in [4.78, 5) is 8.62. The van der Waals surface area contributed by atoms with Gasteiger partial charge in [-0.2, -0.15) is 4.98 Å². The van der Waals surface area contributed by atoms with Gasteiger partial charge in [-0.1, -0.05) is 19.9 Å². The summed E-state index contributed by atoms with van der Waals surface area (Å²) < 4.78 is 5.60. The Hall–Kier alpha value is -2.30. The number of nitrogens with two attached hydrogens (primary N) is 1. The van der Waals surface area contributed by atoms with E-state index in [0.717, 1.165) is 11.5 Å². The molecule has 0 fully saturated rings. The topological polar surface area (TPSA) is 73.1 Å². The molecule has 0 radical (unpaired) electrons. The minimum absolute atomic E-state index is 0.432. The van der Waals surface area contributed by atoms with Gasteiger partial charge in [0.2, 0.25) is 5.88 Å². The molecule has 0 atom stereocenters. The smallest absolute Gasteiger partial charge is 0.239 e. The third-order valence-electron chi connectivity index (χ3n) is 2.62. The molecule has 5 nitrogen and oxygen atoms in total. The van der Waals surface area contributed by atoms with Gasteiger partial charge in [-0.05, 0) is 30.2 Å². The minimum Gasteiger partial charge on any atom is -0.476 e. The number of pyridine rings is 2. The summed E-state index contributed by atoms with van der Waals surface area (Å²) in [7, 11) is 0. The fourth-order valence-corrected chi connectivity index (χ4v) is 1.59. The zero-order valence-electron chi connectivity index (χ0n) is 11.8. The number of aromatic nitrogens is 2. The molecule has 0 aliphatic carbocycles. The largest absolute Gasteiger partial charge is 0.476 e. The second-order valence-corrected chi connectivity index (χ2v) is 4.97. The van der Waals surface area contributed by atoms with Crippen molar-refractivity contribution in [3.8, 4) is 5.88 Å². The molecule has 0 aliphatic rings. The lowest BCUT2D eigenvalue weighted by Gasteiger charge is -2.12. The van der Waals surface area contributed by atoms with Crippen molar-refractivity contribution in [3.05, 3.63) is 42.2 Å². The van der Waals surface area contributed by atoms with Gasteiger partial charge in [0.05, 0.1) is 24.5 Å². The first-order chi connectivity index (χ1) is 9.65. The number of hydrogen-bond acceptors (Lipinski definition) is 5. The van der Waals surface area contributed by atoms with Gasteiger partial charge in [0, 0.05) is 6.20 Å². The van der Waals surface area contributed by atoms with Crippen molar-refractivity contribution in [2.24, 2.45) is 5.92 Å². The summed E-state index contributed by atoms with van der Waals surface area (Å²) in [5.74, 6) is 1.63. The first-order valence-electron chi connectivity index (χ1n) is 6.68. The SMILES string of the molecule is CC(C)COc1nc(NCc2ccccn2)ccc1N. The van der Waals surface area contributed by atoms with Crippen LogP contribution < -0.4 is 15.8 Å². The van der Waals surface area contributed by atoms with Crippen LogP contribution in [0.1, 0.15) is 19.5 Å². The van der Waals surface area contributed by atoms with Crippen molar-refractivity contribution >= 4 is 11.5 Å². The predicted molar refractivity (Wildman–Crippen MR) is 80.5 cm³/mol. The Kier molecular flexibility index (Phi) is 4.76.